The van der Waals surface area contributed by atoms with Crippen molar-refractivity contribution in [1.29, 1.82) is 0 Å². The number of Topliss-reactive ketones (excluding diaryl/α,β-unsaturated/α-hetero) is 1. The van der Waals surface area contributed by atoms with Gasteiger partial charge < -0.3 is 14.2 Å². The van der Waals surface area contributed by atoms with E-state index in [0.717, 1.165) is 43.8 Å². The van der Waals surface area contributed by atoms with Gasteiger partial charge in [-0.15, -0.1) is 0 Å². The van der Waals surface area contributed by atoms with E-state index < -0.39 is 0 Å². The summed E-state index contributed by atoms with van der Waals surface area (Å²) in [5.74, 6) is 2.21. The Kier molecular flexibility index (Phi) is 4.75. The number of hydrogen-bond donors (Lipinski definition) is 0. The van der Waals surface area contributed by atoms with Crippen LogP contribution in [-0.4, -0.2) is 42.7 Å². The summed E-state index contributed by atoms with van der Waals surface area (Å²) in [5, 5.41) is 0. The van der Waals surface area contributed by atoms with Crippen molar-refractivity contribution in [2.75, 3.05) is 27.0 Å². The Bertz CT molecular complexity index is 794. The van der Waals surface area contributed by atoms with Crippen LogP contribution in [0.2, 0.25) is 0 Å². The van der Waals surface area contributed by atoms with Crippen LogP contribution in [0, 0.1) is 5.92 Å². The minimum Gasteiger partial charge on any atom is -0.493 e. The summed E-state index contributed by atoms with van der Waals surface area (Å²) in [6.07, 6.45) is 3.59. The Balaban J connectivity index is 1.46. The van der Waals surface area contributed by atoms with Crippen LogP contribution in [0.5, 0.6) is 17.2 Å². The fourth-order valence-corrected chi connectivity index (χ4v) is 3.66. The van der Waals surface area contributed by atoms with Gasteiger partial charge in [0.05, 0.1) is 7.11 Å². The van der Waals surface area contributed by atoms with E-state index >= 15 is 0 Å². The molecule has 0 bridgehead atoms. The van der Waals surface area contributed by atoms with Crippen LogP contribution in [0.1, 0.15) is 28.9 Å². The van der Waals surface area contributed by atoms with Crippen LogP contribution in [0.3, 0.4) is 0 Å². The lowest BCUT2D eigenvalue weighted by molar-refractivity contribution is 0.0806. The van der Waals surface area contributed by atoms with Crippen molar-refractivity contribution in [1.82, 2.24) is 9.88 Å². The molecule has 0 spiro atoms. The standard InChI is InChI=1S/C20H22N2O4/c1-24-17-9-14(10-18-20(17)26-13-25-18)11-22-8-4-5-15(12-22)19(23)16-6-2-3-7-21-16/h2-3,6-7,9-10,15H,4-5,8,11-13H2,1H3/t15-/m1/s1. The number of ketones is 1. The number of fused-ring (bicyclic) bond motifs is 1. The topological polar surface area (TPSA) is 60.9 Å². The van der Waals surface area contributed by atoms with Crippen molar-refractivity contribution in [3.8, 4) is 17.2 Å². The second-order valence-electron chi connectivity index (χ2n) is 6.69. The van der Waals surface area contributed by atoms with E-state index in [9.17, 15) is 4.79 Å². The molecule has 136 valence electrons. The van der Waals surface area contributed by atoms with Crippen LogP contribution in [0.15, 0.2) is 36.5 Å². The van der Waals surface area contributed by atoms with E-state index in [0.29, 0.717) is 17.2 Å². The first-order chi connectivity index (χ1) is 12.7. The number of benzene rings is 1. The molecule has 0 radical (unpaired) electrons. The van der Waals surface area contributed by atoms with Crippen molar-refractivity contribution >= 4 is 5.78 Å². The number of hydrogen-bond acceptors (Lipinski definition) is 6. The number of methoxy groups -OCH3 is 1. The number of aromatic nitrogens is 1. The van der Waals surface area contributed by atoms with Crippen molar-refractivity contribution in [3.05, 3.63) is 47.8 Å². The lowest BCUT2D eigenvalue weighted by atomic mass is 9.91. The van der Waals surface area contributed by atoms with Gasteiger partial charge in [-0.2, -0.15) is 0 Å². The zero-order chi connectivity index (χ0) is 17.9. The third-order valence-electron chi connectivity index (χ3n) is 4.92. The second kappa shape index (κ2) is 7.33. The van der Waals surface area contributed by atoms with Gasteiger partial charge in [0.25, 0.3) is 0 Å². The third kappa shape index (κ3) is 3.37. The van der Waals surface area contributed by atoms with E-state index in [4.69, 9.17) is 14.2 Å². The predicted octanol–water partition coefficient (Wildman–Crippen LogP) is 2.91. The maximum Gasteiger partial charge on any atom is 0.231 e. The van der Waals surface area contributed by atoms with Gasteiger partial charge in [0.1, 0.15) is 5.69 Å². The molecule has 1 atom stereocenters. The molecule has 0 amide bonds. The Morgan fingerprint density at radius 3 is 3.08 bits per heavy atom. The molecular formula is C20H22N2O4. The molecule has 1 aromatic heterocycles. The molecule has 0 unspecified atom stereocenters. The monoisotopic (exact) mass is 354 g/mol. The van der Waals surface area contributed by atoms with Gasteiger partial charge in [-0.25, -0.2) is 0 Å². The van der Waals surface area contributed by atoms with Gasteiger partial charge in [0, 0.05) is 25.2 Å². The van der Waals surface area contributed by atoms with Crippen LogP contribution < -0.4 is 14.2 Å². The highest BCUT2D eigenvalue weighted by atomic mass is 16.7. The molecule has 6 heteroatoms. The maximum absolute atomic E-state index is 12.7. The van der Waals surface area contributed by atoms with Crippen LogP contribution >= 0.6 is 0 Å². The van der Waals surface area contributed by atoms with Gasteiger partial charge in [-0.1, -0.05) is 6.07 Å². The zero-order valence-electron chi connectivity index (χ0n) is 14.8. The number of carbonyl (C=O) groups is 1. The van der Waals surface area contributed by atoms with Gasteiger partial charge in [0.15, 0.2) is 17.3 Å². The highest BCUT2D eigenvalue weighted by Gasteiger charge is 2.28. The summed E-state index contributed by atoms with van der Waals surface area (Å²) >= 11 is 0. The average Bonchev–Trinajstić information content (AvgIpc) is 3.16. The number of carbonyl (C=O) groups excluding carboxylic acids is 1. The minimum absolute atomic E-state index is 0.00504. The lowest BCUT2D eigenvalue weighted by Gasteiger charge is -2.32. The third-order valence-corrected chi connectivity index (χ3v) is 4.92. The number of rotatable bonds is 5. The fourth-order valence-electron chi connectivity index (χ4n) is 3.66. The van der Waals surface area contributed by atoms with Crippen molar-refractivity contribution in [2.24, 2.45) is 5.92 Å². The van der Waals surface area contributed by atoms with Crippen LogP contribution in [0.4, 0.5) is 0 Å². The largest absolute Gasteiger partial charge is 0.493 e. The van der Waals surface area contributed by atoms with Crippen molar-refractivity contribution in [3.63, 3.8) is 0 Å². The Morgan fingerprint density at radius 2 is 2.27 bits per heavy atom. The first-order valence-corrected chi connectivity index (χ1v) is 8.88. The molecule has 2 aromatic rings. The SMILES string of the molecule is COc1cc(CN2CCC[C@@H](C(=O)c3ccccn3)C2)cc2c1OCO2. The minimum atomic E-state index is -0.00504. The van der Waals surface area contributed by atoms with Crippen molar-refractivity contribution < 1.29 is 19.0 Å². The molecule has 2 aliphatic heterocycles. The van der Waals surface area contributed by atoms with Gasteiger partial charge >= 0.3 is 0 Å². The lowest BCUT2D eigenvalue weighted by Crippen LogP contribution is -2.38. The molecule has 6 nitrogen and oxygen atoms in total. The quantitative estimate of drug-likeness (QED) is 0.770. The summed E-state index contributed by atoms with van der Waals surface area (Å²) in [5.41, 5.74) is 1.65. The van der Waals surface area contributed by atoms with Crippen LogP contribution in [0.25, 0.3) is 0 Å². The van der Waals surface area contributed by atoms with E-state index in [1.807, 2.05) is 24.3 Å². The number of likely N-dealkylation sites (tertiary alicyclic amines) is 1. The molecule has 0 aliphatic carbocycles. The van der Waals surface area contributed by atoms with Gasteiger partial charge in [-0.3, -0.25) is 14.7 Å². The molecule has 2 aliphatic rings. The fraction of sp³-hybridized carbons (Fsp3) is 0.400. The molecular weight excluding hydrogens is 332 g/mol. The molecule has 0 saturated carbocycles. The van der Waals surface area contributed by atoms with Crippen LogP contribution in [-0.2, 0) is 6.54 Å². The van der Waals surface area contributed by atoms with E-state index in [2.05, 4.69) is 9.88 Å². The Hall–Kier alpha value is -2.60. The molecule has 1 aromatic carbocycles. The first-order valence-electron chi connectivity index (χ1n) is 8.88. The highest BCUT2D eigenvalue weighted by Crippen LogP contribution is 2.42. The van der Waals surface area contributed by atoms with E-state index in [1.165, 1.54) is 0 Å². The molecule has 4 rings (SSSR count). The van der Waals surface area contributed by atoms with E-state index in [-0.39, 0.29) is 18.5 Å². The van der Waals surface area contributed by atoms with Crippen molar-refractivity contribution in [2.45, 2.75) is 19.4 Å². The second-order valence-corrected chi connectivity index (χ2v) is 6.69. The molecule has 1 fully saturated rings. The molecule has 26 heavy (non-hydrogen) atoms. The molecule has 0 N–H and O–H groups in total. The number of pyridine rings is 1. The Morgan fingerprint density at radius 1 is 1.35 bits per heavy atom. The summed E-state index contributed by atoms with van der Waals surface area (Å²) in [4.78, 5) is 19.2. The number of ether oxygens (including phenoxy) is 3. The summed E-state index contributed by atoms with van der Waals surface area (Å²) < 4.78 is 16.4. The average molecular weight is 354 g/mol. The molecule has 3 heterocycles. The normalized spacial score (nSPS) is 19.3. The van der Waals surface area contributed by atoms with Gasteiger partial charge in [-0.05, 0) is 49.2 Å². The zero-order valence-corrected chi connectivity index (χ0v) is 14.8. The summed E-state index contributed by atoms with van der Waals surface area (Å²) in [6, 6.07) is 9.47. The smallest absolute Gasteiger partial charge is 0.231 e. The predicted molar refractivity (Wildman–Crippen MR) is 95.7 cm³/mol. The summed E-state index contributed by atoms with van der Waals surface area (Å²) in [7, 11) is 1.63. The highest BCUT2D eigenvalue weighted by molar-refractivity contribution is 5.96. The Labute approximate surface area is 152 Å². The van der Waals surface area contributed by atoms with Gasteiger partial charge in [0.2, 0.25) is 12.5 Å². The number of piperidine rings is 1. The number of nitrogens with zero attached hydrogens (tertiary/aromatic N) is 2. The summed E-state index contributed by atoms with van der Waals surface area (Å²) in [6.45, 7) is 2.69. The van der Waals surface area contributed by atoms with E-state index in [1.54, 1.807) is 19.4 Å². The molecule has 1 saturated heterocycles. The first kappa shape index (κ1) is 16.8. The maximum atomic E-state index is 12.7.